The first-order valence-electron chi connectivity index (χ1n) is 11.1. The van der Waals surface area contributed by atoms with Crippen LogP contribution in [-0.2, 0) is 9.47 Å². The van der Waals surface area contributed by atoms with Gasteiger partial charge in [0.25, 0.3) is 0 Å². The summed E-state index contributed by atoms with van der Waals surface area (Å²) in [6.07, 6.45) is -2.07. The summed E-state index contributed by atoms with van der Waals surface area (Å²) < 4.78 is 10.1. The monoisotopic (exact) mass is 496 g/mol. The quantitative estimate of drug-likeness (QED) is 0.320. The fraction of sp³-hybridized carbons (Fsp3) is 0.269. The number of hydrogen-bond donors (Lipinski definition) is 3. The van der Waals surface area contributed by atoms with Gasteiger partial charge in [-0.05, 0) is 34.7 Å². The molecule has 2 unspecified atom stereocenters. The van der Waals surface area contributed by atoms with E-state index < -0.39 is 24.3 Å². The van der Waals surface area contributed by atoms with E-state index in [-0.39, 0.29) is 41.8 Å². The van der Waals surface area contributed by atoms with Crippen molar-refractivity contribution in [2.24, 2.45) is 0 Å². The van der Waals surface area contributed by atoms with Crippen LogP contribution >= 0.6 is 11.6 Å². The minimum Gasteiger partial charge on any atom is -0.465 e. The smallest absolute Gasteiger partial charge is 0.407 e. The number of nitrogens with zero attached hydrogens (tertiary/aromatic N) is 1. The van der Waals surface area contributed by atoms with Gasteiger partial charge in [-0.2, -0.15) is 0 Å². The highest BCUT2D eigenvalue weighted by molar-refractivity contribution is 6.30. The van der Waals surface area contributed by atoms with Crippen molar-refractivity contribution in [1.82, 2.24) is 10.3 Å². The Morgan fingerprint density at radius 1 is 1.09 bits per heavy atom. The number of amides is 1. The van der Waals surface area contributed by atoms with Crippen LogP contribution in [0.15, 0.2) is 60.8 Å². The highest BCUT2D eigenvalue weighted by Gasteiger charge is 2.29. The third kappa shape index (κ3) is 5.30. The predicted molar refractivity (Wildman–Crippen MR) is 129 cm³/mol. The lowest BCUT2D eigenvalue weighted by molar-refractivity contribution is 0.0134. The Kier molecular flexibility index (Phi) is 7.65. The van der Waals surface area contributed by atoms with Crippen molar-refractivity contribution in [2.45, 2.75) is 24.5 Å². The fourth-order valence-electron chi connectivity index (χ4n) is 4.24. The number of benzene rings is 2. The summed E-state index contributed by atoms with van der Waals surface area (Å²) in [5.74, 6) is -0.702. The van der Waals surface area contributed by atoms with E-state index in [0.29, 0.717) is 0 Å². The molecule has 0 radical (unpaired) electrons. The average Bonchev–Trinajstić information content (AvgIpc) is 3.20. The van der Waals surface area contributed by atoms with E-state index in [9.17, 15) is 19.8 Å². The largest absolute Gasteiger partial charge is 0.465 e. The van der Waals surface area contributed by atoms with Crippen LogP contribution in [0.25, 0.3) is 11.1 Å². The number of ether oxygens (including phenoxy) is 2. The maximum Gasteiger partial charge on any atom is 0.407 e. The summed E-state index contributed by atoms with van der Waals surface area (Å²) in [6, 6.07) is 17.4. The van der Waals surface area contributed by atoms with Crippen molar-refractivity contribution in [3.05, 3.63) is 88.2 Å². The minimum atomic E-state index is -1.41. The molecular weight excluding hydrogens is 472 g/mol. The molecule has 3 N–H and O–H groups in total. The van der Waals surface area contributed by atoms with E-state index in [2.05, 4.69) is 27.2 Å². The maximum absolute atomic E-state index is 12.3. The maximum atomic E-state index is 12.3. The first-order chi connectivity index (χ1) is 16.9. The van der Waals surface area contributed by atoms with Gasteiger partial charge in [-0.1, -0.05) is 60.1 Å². The van der Waals surface area contributed by atoms with Crippen LogP contribution in [0.3, 0.4) is 0 Å². The number of carbonyl (C=O) groups excluding carboxylic acids is 2. The van der Waals surface area contributed by atoms with E-state index >= 15 is 0 Å². The van der Waals surface area contributed by atoms with Gasteiger partial charge in [-0.15, -0.1) is 0 Å². The molecule has 1 aliphatic carbocycles. The summed E-state index contributed by atoms with van der Waals surface area (Å²) in [5, 5.41) is 23.4. The first-order valence-corrected chi connectivity index (χ1v) is 11.5. The molecule has 1 amide bonds. The Bertz CT molecular complexity index is 1190. The van der Waals surface area contributed by atoms with Gasteiger partial charge in [0.15, 0.2) is 0 Å². The molecule has 0 saturated heterocycles. The Morgan fingerprint density at radius 3 is 2.34 bits per heavy atom. The second-order valence-corrected chi connectivity index (χ2v) is 8.51. The molecule has 0 aliphatic heterocycles. The van der Waals surface area contributed by atoms with E-state index in [1.807, 2.05) is 36.4 Å². The van der Waals surface area contributed by atoms with Crippen LogP contribution in [-0.4, -0.2) is 53.6 Å². The van der Waals surface area contributed by atoms with Crippen molar-refractivity contribution in [3.8, 4) is 11.1 Å². The standard InChI is InChI=1S/C26H25ClN2O6/c1-34-25(32)15-12-20(24(27)29-13-15)23(31)22(30)10-11-28-26(33)35-14-21-18-8-4-2-6-16(18)17-7-3-5-9-19(17)21/h2-9,12-13,21-23,30-31H,10-11,14H2,1H3,(H,28,33). The molecule has 3 aromatic rings. The van der Waals surface area contributed by atoms with Crippen LogP contribution in [0.1, 0.15) is 45.5 Å². The van der Waals surface area contributed by atoms with Gasteiger partial charge in [0.1, 0.15) is 17.9 Å². The zero-order valence-corrected chi connectivity index (χ0v) is 19.7. The Hall–Kier alpha value is -3.46. The molecule has 1 aliphatic rings. The number of fused-ring (bicyclic) bond motifs is 3. The minimum absolute atomic E-state index is 0.0180. The van der Waals surface area contributed by atoms with Gasteiger partial charge in [0.05, 0.1) is 18.8 Å². The van der Waals surface area contributed by atoms with Crippen molar-refractivity contribution in [2.75, 3.05) is 20.3 Å². The van der Waals surface area contributed by atoms with Gasteiger partial charge in [0, 0.05) is 24.2 Å². The third-order valence-electron chi connectivity index (χ3n) is 6.02. The van der Waals surface area contributed by atoms with Crippen LogP contribution in [0.2, 0.25) is 5.15 Å². The molecule has 2 aromatic carbocycles. The topological polar surface area (TPSA) is 118 Å². The lowest BCUT2D eigenvalue weighted by Crippen LogP contribution is -2.30. The van der Waals surface area contributed by atoms with Gasteiger partial charge in [-0.25, -0.2) is 14.6 Å². The Morgan fingerprint density at radius 2 is 1.71 bits per heavy atom. The molecule has 0 spiro atoms. The highest BCUT2D eigenvalue weighted by Crippen LogP contribution is 2.44. The number of aliphatic hydroxyl groups is 2. The first kappa shape index (κ1) is 24.7. The summed E-state index contributed by atoms with van der Waals surface area (Å²) in [4.78, 5) is 27.8. The molecule has 9 heteroatoms. The molecule has 182 valence electrons. The zero-order chi connectivity index (χ0) is 24.9. The van der Waals surface area contributed by atoms with Crippen molar-refractivity contribution < 1.29 is 29.3 Å². The number of alkyl carbamates (subject to hydrolysis) is 1. The number of hydrogen-bond acceptors (Lipinski definition) is 7. The number of nitrogens with one attached hydrogen (secondary N) is 1. The molecule has 2 atom stereocenters. The molecule has 4 rings (SSSR count). The van der Waals surface area contributed by atoms with Crippen LogP contribution in [0, 0.1) is 0 Å². The molecule has 0 fully saturated rings. The Balaban J connectivity index is 1.30. The van der Waals surface area contributed by atoms with Crippen molar-refractivity contribution in [1.29, 1.82) is 0 Å². The number of halogens is 1. The van der Waals surface area contributed by atoms with Crippen LogP contribution in [0.5, 0.6) is 0 Å². The van der Waals surface area contributed by atoms with Gasteiger partial charge in [-0.3, -0.25) is 0 Å². The van der Waals surface area contributed by atoms with E-state index in [4.69, 9.17) is 16.3 Å². The highest BCUT2D eigenvalue weighted by atomic mass is 35.5. The Labute approximate surface area is 207 Å². The number of carbonyl (C=O) groups is 2. The number of esters is 1. The average molecular weight is 497 g/mol. The molecule has 1 aromatic heterocycles. The molecule has 0 saturated carbocycles. The van der Waals surface area contributed by atoms with E-state index in [1.165, 1.54) is 19.4 Å². The number of methoxy groups -OCH3 is 1. The second-order valence-electron chi connectivity index (χ2n) is 8.15. The summed E-state index contributed by atoms with van der Waals surface area (Å²) in [7, 11) is 1.22. The number of pyridine rings is 1. The van der Waals surface area contributed by atoms with Gasteiger partial charge < -0.3 is 25.0 Å². The fourth-order valence-corrected chi connectivity index (χ4v) is 4.45. The molecule has 1 heterocycles. The molecule has 0 bridgehead atoms. The van der Waals surface area contributed by atoms with Crippen LogP contribution in [0.4, 0.5) is 4.79 Å². The summed E-state index contributed by atoms with van der Waals surface area (Å²) in [5.41, 5.74) is 4.68. The van der Waals surface area contributed by atoms with E-state index in [0.717, 1.165) is 22.3 Å². The SMILES string of the molecule is COC(=O)c1cnc(Cl)c(C(O)C(O)CCNC(=O)OCC2c3ccccc3-c3ccccc32)c1. The van der Waals surface area contributed by atoms with Gasteiger partial charge in [0.2, 0.25) is 0 Å². The zero-order valence-electron chi connectivity index (χ0n) is 19.0. The number of rotatable bonds is 8. The third-order valence-corrected chi connectivity index (χ3v) is 6.34. The lowest BCUT2D eigenvalue weighted by atomic mass is 9.98. The second kappa shape index (κ2) is 10.9. The van der Waals surface area contributed by atoms with Crippen molar-refractivity contribution >= 4 is 23.7 Å². The summed E-state index contributed by atoms with van der Waals surface area (Å²) >= 11 is 6.02. The molecule has 35 heavy (non-hydrogen) atoms. The normalized spacial score (nSPS) is 13.9. The van der Waals surface area contributed by atoms with E-state index in [1.54, 1.807) is 0 Å². The number of aromatic nitrogens is 1. The number of aliphatic hydroxyl groups excluding tert-OH is 2. The molecular formula is C26H25ClN2O6. The molecule has 8 nitrogen and oxygen atoms in total. The predicted octanol–water partition coefficient (Wildman–Crippen LogP) is 3.84. The lowest BCUT2D eigenvalue weighted by Gasteiger charge is -2.19. The van der Waals surface area contributed by atoms with Gasteiger partial charge >= 0.3 is 12.1 Å². The van der Waals surface area contributed by atoms with Crippen molar-refractivity contribution in [3.63, 3.8) is 0 Å². The van der Waals surface area contributed by atoms with Crippen LogP contribution < -0.4 is 5.32 Å². The summed E-state index contributed by atoms with van der Waals surface area (Å²) in [6.45, 7) is 0.225.